The van der Waals surface area contributed by atoms with Crippen molar-refractivity contribution in [3.05, 3.63) is 127 Å². The molecule has 0 spiro atoms. The largest absolute Gasteiger partial charge is 0.295 e. The lowest BCUT2D eigenvalue weighted by atomic mass is 10.1. The molecule has 4 aromatic carbocycles. The summed E-state index contributed by atoms with van der Waals surface area (Å²) in [5, 5.41) is 0. The number of anilines is 2. The molecule has 0 bridgehead atoms. The van der Waals surface area contributed by atoms with Gasteiger partial charge in [-0.3, -0.25) is 4.90 Å². The summed E-state index contributed by atoms with van der Waals surface area (Å²) in [4.78, 5) is 7.22. The van der Waals surface area contributed by atoms with Crippen molar-refractivity contribution in [2.75, 3.05) is 4.90 Å². The highest BCUT2D eigenvalue weighted by molar-refractivity contribution is 6.15. The predicted octanol–water partition coefficient (Wildman–Crippen LogP) is 6.60. The summed E-state index contributed by atoms with van der Waals surface area (Å²) in [5.74, 6) is 0.888. The van der Waals surface area contributed by atoms with Crippen LogP contribution in [0.4, 0.5) is 17.1 Å². The summed E-state index contributed by atoms with van der Waals surface area (Å²) in [5.41, 5.74) is 4.13. The van der Waals surface area contributed by atoms with Gasteiger partial charge in [-0.05, 0) is 36.4 Å². The van der Waals surface area contributed by atoms with Crippen LogP contribution >= 0.6 is 0 Å². The molecule has 2 heteroatoms. The minimum atomic E-state index is 0.888. The van der Waals surface area contributed by atoms with Crippen LogP contribution in [0.5, 0.6) is 0 Å². The number of aliphatic imine (C=N–C) groups is 1. The number of hydrogen-bond acceptors (Lipinski definition) is 1. The standard InChI is InChI=1S/C25H20N2/c1-5-13-21(14-6-1)25(26-22-15-7-2-8-16-22)27(23-17-9-3-10-18-23)24-19-11-4-12-20-24/h1-20H/b26-25-. The molecule has 0 heterocycles. The molecule has 0 fully saturated rings. The first-order valence-electron chi connectivity index (χ1n) is 9.01. The second-order valence-electron chi connectivity index (χ2n) is 6.14. The highest BCUT2D eigenvalue weighted by Gasteiger charge is 2.18. The van der Waals surface area contributed by atoms with E-state index in [4.69, 9.17) is 4.99 Å². The Hall–Kier alpha value is -3.65. The number of rotatable bonds is 4. The molecule has 0 saturated carbocycles. The molecular weight excluding hydrogens is 328 g/mol. The zero-order valence-corrected chi connectivity index (χ0v) is 14.9. The summed E-state index contributed by atoms with van der Waals surface area (Å²) in [7, 11) is 0. The van der Waals surface area contributed by atoms with Gasteiger partial charge in [-0.25, -0.2) is 4.99 Å². The highest BCUT2D eigenvalue weighted by atomic mass is 15.2. The van der Waals surface area contributed by atoms with Crippen molar-refractivity contribution < 1.29 is 0 Å². The Morgan fingerprint density at radius 2 is 0.889 bits per heavy atom. The van der Waals surface area contributed by atoms with Crippen molar-refractivity contribution in [2.24, 2.45) is 4.99 Å². The average Bonchev–Trinajstić information content (AvgIpc) is 2.76. The molecule has 0 unspecified atom stereocenters. The van der Waals surface area contributed by atoms with Gasteiger partial charge in [0.25, 0.3) is 0 Å². The van der Waals surface area contributed by atoms with Gasteiger partial charge in [0.1, 0.15) is 5.84 Å². The molecule has 0 atom stereocenters. The highest BCUT2D eigenvalue weighted by Crippen LogP contribution is 2.29. The first kappa shape index (κ1) is 16.8. The zero-order chi connectivity index (χ0) is 18.3. The van der Waals surface area contributed by atoms with Crippen molar-refractivity contribution in [1.82, 2.24) is 0 Å². The Kier molecular flexibility index (Phi) is 5.07. The van der Waals surface area contributed by atoms with E-state index >= 15 is 0 Å². The SMILES string of the molecule is c1ccc(/N=C(/c2ccccc2)N(c2ccccc2)c2ccccc2)cc1. The van der Waals surface area contributed by atoms with Gasteiger partial charge in [0, 0.05) is 16.9 Å². The molecule has 4 rings (SSSR count). The van der Waals surface area contributed by atoms with E-state index in [1.807, 2.05) is 60.7 Å². The minimum absolute atomic E-state index is 0.888. The van der Waals surface area contributed by atoms with Crippen LogP contribution in [0.15, 0.2) is 126 Å². The van der Waals surface area contributed by atoms with Crippen LogP contribution in [-0.2, 0) is 0 Å². The molecule has 0 saturated heterocycles. The molecule has 4 aromatic rings. The van der Waals surface area contributed by atoms with Gasteiger partial charge in [-0.1, -0.05) is 84.9 Å². The second-order valence-corrected chi connectivity index (χ2v) is 6.14. The molecule has 0 aliphatic rings. The molecule has 27 heavy (non-hydrogen) atoms. The fourth-order valence-corrected chi connectivity index (χ4v) is 3.00. The van der Waals surface area contributed by atoms with Gasteiger partial charge in [-0.15, -0.1) is 0 Å². The third-order valence-electron chi connectivity index (χ3n) is 4.26. The van der Waals surface area contributed by atoms with Crippen LogP contribution in [0.2, 0.25) is 0 Å². The molecule has 2 nitrogen and oxygen atoms in total. The molecular formula is C25H20N2. The fourth-order valence-electron chi connectivity index (χ4n) is 3.00. The summed E-state index contributed by atoms with van der Waals surface area (Å²) < 4.78 is 0. The Morgan fingerprint density at radius 3 is 1.37 bits per heavy atom. The number of para-hydroxylation sites is 3. The molecule has 0 N–H and O–H groups in total. The summed E-state index contributed by atoms with van der Waals surface area (Å²) >= 11 is 0. The van der Waals surface area contributed by atoms with E-state index in [1.165, 1.54) is 0 Å². The van der Waals surface area contributed by atoms with Gasteiger partial charge in [0.2, 0.25) is 0 Å². The summed E-state index contributed by atoms with van der Waals surface area (Å²) in [6, 6.07) is 41.1. The lowest BCUT2D eigenvalue weighted by molar-refractivity contribution is 1.31. The first-order valence-corrected chi connectivity index (χ1v) is 9.01. The van der Waals surface area contributed by atoms with E-state index in [0.717, 1.165) is 28.5 Å². The Morgan fingerprint density at radius 1 is 0.481 bits per heavy atom. The maximum absolute atomic E-state index is 5.02. The topological polar surface area (TPSA) is 15.6 Å². The molecule has 0 aliphatic carbocycles. The Labute approximate surface area is 160 Å². The van der Waals surface area contributed by atoms with Crippen LogP contribution in [-0.4, -0.2) is 5.84 Å². The third kappa shape index (κ3) is 3.96. The quantitative estimate of drug-likeness (QED) is 0.299. The maximum atomic E-state index is 5.02. The van der Waals surface area contributed by atoms with Crippen molar-refractivity contribution in [1.29, 1.82) is 0 Å². The zero-order valence-electron chi connectivity index (χ0n) is 14.9. The summed E-state index contributed by atoms with van der Waals surface area (Å²) in [6.07, 6.45) is 0. The lowest BCUT2D eigenvalue weighted by Crippen LogP contribution is -2.26. The van der Waals surface area contributed by atoms with Crippen molar-refractivity contribution in [2.45, 2.75) is 0 Å². The van der Waals surface area contributed by atoms with Gasteiger partial charge in [0.05, 0.1) is 5.69 Å². The average molecular weight is 348 g/mol. The van der Waals surface area contributed by atoms with Gasteiger partial charge in [0.15, 0.2) is 0 Å². The number of hydrogen-bond donors (Lipinski definition) is 0. The fraction of sp³-hybridized carbons (Fsp3) is 0. The number of benzene rings is 4. The van der Waals surface area contributed by atoms with E-state index in [9.17, 15) is 0 Å². The minimum Gasteiger partial charge on any atom is -0.295 e. The van der Waals surface area contributed by atoms with E-state index in [2.05, 4.69) is 65.6 Å². The Balaban J connectivity index is 1.93. The molecule has 0 aromatic heterocycles. The molecule has 130 valence electrons. The number of amidine groups is 1. The molecule has 0 amide bonds. The van der Waals surface area contributed by atoms with E-state index in [0.29, 0.717) is 0 Å². The van der Waals surface area contributed by atoms with Crippen LogP contribution < -0.4 is 4.90 Å². The normalized spacial score (nSPS) is 11.2. The van der Waals surface area contributed by atoms with Crippen LogP contribution in [0.25, 0.3) is 0 Å². The van der Waals surface area contributed by atoms with Crippen molar-refractivity contribution in [3.8, 4) is 0 Å². The van der Waals surface area contributed by atoms with E-state index < -0.39 is 0 Å². The van der Waals surface area contributed by atoms with Crippen LogP contribution in [0.3, 0.4) is 0 Å². The smallest absolute Gasteiger partial charge is 0.145 e. The predicted molar refractivity (Wildman–Crippen MR) is 114 cm³/mol. The van der Waals surface area contributed by atoms with Gasteiger partial charge < -0.3 is 0 Å². The third-order valence-corrected chi connectivity index (χ3v) is 4.26. The lowest BCUT2D eigenvalue weighted by Gasteiger charge is -2.27. The van der Waals surface area contributed by atoms with Gasteiger partial charge in [-0.2, -0.15) is 0 Å². The molecule has 0 radical (unpaired) electrons. The number of nitrogens with zero attached hydrogens (tertiary/aromatic N) is 2. The monoisotopic (exact) mass is 348 g/mol. The van der Waals surface area contributed by atoms with E-state index in [-0.39, 0.29) is 0 Å². The van der Waals surface area contributed by atoms with Crippen LogP contribution in [0.1, 0.15) is 5.56 Å². The molecule has 0 aliphatic heterocycles. The van der Waals surface area contributed by atoms with E-state index in [1.54, 1.807) is 0 Å². The van der Waals surface area contributed by atoms with Crippen molar-refractivity contribution >= 4 is 22.9 Å². The summed E-state index contributed by atoms with van der Waals surface area (Å²) in [6.45, 7) is 0. The maximum Gasteiger partial charge on any atom is 0.145 e. The first-order chi connectivity index (χ1) is 13.4. The Bertz CT molecular complexity index is 956. The van der Waals surface area contributed by atoms with Crippen molar-refractivity contribution in [3.63, 3.8) is 0 Å². The van der Waals surface area contributed by atoms with Crippen LogP contribution in [0, 0.1) is 0 Å². The van der Waals surface area contributed by atoms with Gasteiger partial charge >= 0.3 is 0 Å². The second kappa shape index (κ2) is 8.15.